The molecule has 2 aliphatic carbocycles. The zero-order chi connectivity index (χ0) is 17.8. The first-order valence-corrected chi connectivity index (χ1v) is 9.35. The monoisotopic (exact) mass is 347 g/mol. The number of aryl methyl sites for hydroxylation is 1. The Kier molecular flexibility index (Phi) is 3.42. The first kappa shape index (κ1) is 15.6. The highest BCUT2D eigenvalue weighted by Gasteiger charge is 2.61. The number of carbonyl (C=O) groups is 2. The molecule has 1 aliphatic heterocycles. The van der Waals surface area contributed by atoms with Gasteiger partial charge in [-0.3, -0.25) is 14.5 Å². The molecule has 2 aromatic carbocycles. The van der Waals surface area contributed by atoms with Crippen molar-refractivity contribution in [3.8, 4) is 11.5 Å². The van der Waals surface area contributed by atoms with E-state index in [0.29, 0.717) is 23.3 Å². The van der Waals surface area contributed by atoms with E-state index in [4.69, 9.17) is 4.74 Å². The van der Waals surface area contributed by atoms with E-state index in [1.54, 1.807) is 0 Å². The molecular weight excluding hydrogens is 326 g/mol. The molecule has 2 aromatic rings. The van der Waals surface area contributed by atoms with Gasteiger partial charge in [0.15, 0.2) is 0 Å². The second-order valence-corrected chi connectivity index (χ2v) is 7.76. The number of hydrogen-bond acceptors (Lipinski definition) is 3. The molecule has 0 radical (unpaired) electrons. The Labute approximate surface area is 152 Å². The lowest BCUT2D eigenvalue weighted by atomic mass is 9.81. The molecule has 132 valence electrons. The summed E-state index contributed by atoms with van der Waals surface area (Å²) in [4.78, 5) is 27.2. The Morgan fingerprint density at radius 3 is 2.12 bits per heavy atom. The van der Waals surface area contributed by atoms with E-state index in [2.05, 4.69) is 0 Å². The minimum absolute atomic E-state index is 0.000211. The summed E-state index contributed by atoms with van der Waals surface area (Å²) >= 11 is 0. The average Bonchev–Trinajstić information content (AvgIpc) is 3.32. The van der Waals surface area contributed by atoms with Gasteiger partial charge in [-0.05, 0) is 73.9 Å². The Bertz CT molecular complexity index is 861. The van der Waals surface area contributed by atoms with Gasteiger partial charge in [0, 0.05) is 0 Å². The number of para-hydroxylation sites is 1. The molecule has 5 rings (SSSR count). The third kappa shape index (κ3) is 2.21. The summed E-state index contributed by atoms with van der Waals surface area (Å²) in [7, 11) is 0. The van der Waals surface area contributed by atoms with Gasteiger partial charge in [0.1, 0.15) is 11.5 Å². The van der Waals surface area contributed by atoms with Crippen molar-refractivity contribution in [3.63, 3.8) is 0 Å². The minimum atomic E-state index is -0.0795. The number of nitrogens with zero attached hydrogens (tertiary/aromatic N) is 1. The van der Waals surface area contributed by atoms with Crippen LogP contribution >= 0.6 is 0 Å². The van der Waals surface area contributed by atoms with Crippen LogP contribution in [-0.2, 0) is 9.59 Å². The number of benzene rings is 2. The number of rotatable bonds is 3. The average molecular weight is 347 g/mol. The third-order valence-corrected chi connectivity index (χ3v) is 6.34. The summed E-state index contributed by atoms with van der Waals surface area (Å²) in [5.74, 6) is 2.17. The number of imide groups is 1. The van der Waals surface area contributed by atoms with Gasteiger partial charge < -0.3 is 4.74 Å². The SMILES string of the molecule is Cc1ccccc1Oc1ccc(N2C(=O)[C@@H]3[C@H]4CC[C@@H](C4)[C@H]3C2=O)cc1. The van der Waals surface area contributed by atoms with Gasteiger partial charge >= 0.3 is 0 Å². The normalized spacial score (nSPS) is 29.3. The zero-order valence-corrected chi connectivity index (χ0v) is 14.7. The molecule has 26 heavy (non-hydrogen) atoms. The highest BCUT2D eigenvalue weighted by atomic mass is 16.5. The highest BCUT2D eigenvalue weighted by Crippen LogP contribution is 2.56. The van der Waals surface area contributed by atoms with Crippen molar-refractivity contribution in [1.29, 1.82) is 0 Å². The van der Waals surface area contributed by atoms with Crippen LogP contribution in [-0.4, -0.2) is 11.8 Å². The molecular formula is C22H21NO3. The standard InChI is InChI=1S/C22H21NO3/c1-13-4-2-3-5-18(13)26-17-10-8-16(9-11-17)23-21(24)19-14-6-7-15(12-14)20(19)22(23)25/h2-5,8-11,14-15,19-20H,6-7,12H2,1H3/t14-,15-,19+,20+/m0/s1. The lowest BCUT2D eigenvalue weighted by Crippen LogP contribution is -2.32. The predicted molar refractivity (Wildman–Crippen MR) is 98.0 cm³/mol. The largest absolute Gasteiger partial charge is 0.457 e. The number of hydrogen-bond donors (Lipinski definition) is 0. The van der Waals surface area contributed by atoms with Crippen molar-refractivity contribution in [2.75, 3.05) is 4.90 Å². The lowest BCUT2D eigenvalue weighted by molar-refractivity contribution is -0.123. The number of ether oxygens (including phenoxy) is 1. The van der Waals surface area contributed by atoms with E-state index in [1.165, 1.54) is 4.90 Å². The van der Waals surface area contributed by atoms with Crippen LogP contribution in [0, 0.1) is 30.6 Å². The van der Waals surface area contributed by atoms with E-state index >= 15 is 0 Å². The van der Waals surface area contributed by atoms with Gasteiger partial charge in [-0.15, -0.1) is 0 Å². The molecule has 1 saturated heterocycles. The Morgan fingerprint density at radius 2 is 1.50 bits per heavy atom. The number of amides is 2. The maximum absolute atomic E-state index is 12.9. The van der Waals surface area contributed by atoms with Gasteiger partial charge in [-0.2, -0.15) is 0 Å². The summed E-state index contributed by atoms with van der Waals surface area (Å²) in [6, 6.07) is 15.1. The molecule has 2 saturated carbocycles. The van der Waals surface area contributed by atoms with Crippen LogP contribution in [0.25, 0.3) is 0 Å². The molecule has 0 N–H and O–H groups in total. The molecule has 4 heteroatoms. The lowest BCUT2D eigenvalue weighted by Gasteiger charge is -2.19. The van der Waals surface area contributed by atoms with Gasteiger partial charge in [0.05, 0.1) is 17.5 Å². The first-order chi connectivity index (χ1) is 12.6. The minimum Gasteiger partial charge on any atom is -0.457 e. The second-order valence-electron chi connectivity index (χ2n) is 7.76. The van der Waals surface area contributed by atoms with Crippen molar-refractivity contribution < 1.29 is 14.3 Å². The Balaban J connectivity index is 1.39. The molecule has 0 aromatic heterocycles. The summed E-state index contributed by atoms with van der Waals surface area (Å²) < 4.78 is 5.91. The quantitative estimate of drug-likeness (QED) is 0.777. The van der Waals surface area contributed by atoms with Crippen LogP contribution in [0.2, 0.25) is 0 Å². The van der Waals surface area contributed by atoms with E-state index < -0.39 is 0 Å². The summed E-state index contributed by atoms with van der Waals surface area (Å²) in [5.41, 5.74) is 1.72. The molecule has 3 fully saturated rings. The molecule has 4 nitrogen and oxygen atoms in total. The number of anilines is 1. The summed E-state index contributed by atoms with van der Waals surface area (Å²) in [6.07, 6.45) is 3.26. The topological polar surface area (TPSA) is 46.6 Å². The third-order valence-electron chi connectivity index (χ3n) is 6.34. The van der Waals surface area contributed by atoms with Gasteiger partial charge in [0.2, 0.25) is 11.8 Å². The zero-order valence-electron chi connectivity index (χ0n) is 14.7. The van der Waals surface area contributed by atoms with Crippen molar-refractivity contribution >= 4 is 17.5 Å². The Hall–Kier alpha value is -2.62. The number of carbonyl (C=O) groups excluding carboxylic acids is 2. The van der Waals surface area contributed by atoms with Gasteiger partial charge in [-0.25, -0.2) is 0 Å². The van der Waals surface area contributed by atoms with Crippen LogP contribution < -0.4 is 9.64 Å². The molecule has 2 amide bonds. The van der Waals surface area contributed by atoms with Crippen molar-refractivity contribution in [3.05, 3.63) is 54.1 Å². The van der Waals surface area contributed by atoms with Crippen molar-refractivity contribution in [2.45, 2.75) is 26.2 Å². The van der Waals surface area contributed by atoms with Crippen LogP contribution in [0.1, 0.15) is 24.8 Å². The van der Waals surface area contributed by atoms with E-state index in [1.807, 2.05) is 55.5 Å². The second kappa shape index (κ2) is 5.70. The van der Waals surface area contributed by atoms with Gasteiger partial charge in [-0.1, -0.05) is 18.2 Å². The molecule has 3 aliphatic rings. The van der Waals surface area contributed by atoms with Gasteiger partial charge in [0.25, 0.3) is 0 Å². The fourth-order valence-corrected chi connectivity index (χ4v) is 5.12. The van der Waals surface area contributed by atoms with Crippen molar-refractivity contribution in [2.24, 2.45) is 23.7 Å². The molecule has 0 spiro atoms. The Morgan fingerprint density at radius 1 is 0.885 bits per heavy atom. The molecule has 2 bridgehead atoms. The van der Waals surface area contributed by atoms with Crippen LogP contribution in [0.4, 0.5) is 5.69 Å². The van der Waals surface area contributed by atoms with E-state index in [-0.39, 0.29) is 23.7 Å². The maximum atomic E-state index is 12.9. The van der Waals surface area contributed by atoms with Crippen LogP contribution in [0.5, 0.6) is 11.5 Å². The summed E-state index contributed by atoms with van der Waals surface area (Å²) in [6.45, 7) is 2.00. The van der Waals surface area contributed by atoms with Crippen LogP contribution in [0.15, 0.2) is 48.5 Å². The van der Waals surface area contributed by atoms with E-state index in [9.17, 15) is 9.59 Å². The molecule has 4 atom stereocenters. The van der Waals surface area contributed by atoms with Crippen molar-refractivity contribution in [1.82, 2.24) is 0 Å². The molecule has 1 heterocycles. The smallest absolute Gasteiger partial charge is 0.237 e. The molecule has 0 unspecified atom stereocenters. The van der Waals surface area contributed by atoms with E-state index in [0.717, 1.165) is 30.6 Å². The van der Waals surface area contributed by atoms with Crippen LogP contribution in [0.3, 0.4) is 0 Å². The fourth-order valence-electron chi connectivity index (χ4n) is 5.12. The summed E-state index contributed by atoms with van der Waals surface area (Å²) in [5, 5.41) is 0. The maximum Gasteiger partial charge on any atom is 0.237 e. The first-order valence-electron chi connectivity index (χ1n) is 9.35. The highest BCUT2D eigenvalue weighted by molar-refractivity contribution is 6.22. The fraction of sp³-hybridized carbons (Fsp3) is 0.364. The predicted octanol–water partition coefficient (Wildman–Crippen LogP) is 4.32. The number of fused-ring (bicyclic) bond motifs is 5.